The molecule has 8 nitrogen and oxygen atoms in total. The van der Waals surface area contributed by atoms with Crippen LogP contribution in [0.1, 0.15) is 12.5 Å². The van der Waals surface area contributed by atoms with Crippen LogP contribution < -0.4 is 5.32 Å². The molecule has 1 unspecified atom stereocenters. The third-order valence-electron chi connectivity index (χ3n) is 4.96. The summed E-state index contributed by atoms with van der Waals surface area (Å²) in [6, 6.07) is 14.4. The van der Waals surface area contributed by atoms with E-state index in [9.17, 15) is 24.1 Å². The smallest absolute Gasteiger partial charge is 0.311 e. The zero-order valence-corrected chi connectivity index (χ0v) is 16.8. The Morgan fingerprint density at radius 1 is 1.19 bits per heavy atom. The Labute approximate surface area is 180 Å². The first-order valence-corrected chi connectivity index (χ1v) is 9.65. The van der Waals surface area contributed by atoms with E-state index in [1.54, 1.807) is 0 Å². The molecule has 4 rings (SSSR count). The molecule has 4 aromatic rings. The van der Waals surface area contributed by atoms with Crippen molar-refractivity contribution in [1.29, 1.82) is 0 Å². The predicted octanol–water partition coefficient (Wildman–Crippen LogP) is 4.75. The SMILES string of the molecule is CC(OC(=O)Cc1coc2ccc3ccccc3c12)C(=O)Nc1ccc(F)c([N+](=O)[O-])c1. The van der Waals surface area contributed by atoms with Gasteiger partial charge >= 0.3 is 11.7 Å². The van der Waals surface area contributed by atoms with E-state index in [0.717, 1.165) is 28.3 Å². The van der Waals surface area contributed by atoms with Crippen LogP contribution in [0.4, 0.5) is 15.8 Å². The number of furan rings is 1. The number of ether oxygens (including phenoxy) is 1. The molecule has 0 aliphatic rings. The number of hydrogen-bond acceptors (Lipinski definition) is 6. The van der Waals surface area contributed by atoms with Gasteiger partial charge in [0.15, 0.2) is 6.10 Å². The van der Waals surface area contributed by atoms with Crippen LogP contribution >= 0.6 is 0 Å². The summed E-state index contributed by atoms with van der Waals surface area (Å²) in [5, 5.41) is 16.0. The number of rotatable bonds is 6. The van der Waals surface area contributed by atoms with Crippen LogP contribution in [0, 0.1) is 15.9 Å². The third kappa shape index (κ3) is 4.13. The summed E-state index contributed by atoms with van der Waals surface area (Å²) in [6.07, 6.45) is 0.197. The fraction of sp³-hybridized carbons (Fsp3) is 0.130. The fourth-order valence-electron chi connectivity index (χ4n) is 3.43. The second kappa shape index (κ2) is 8.46. The van der Waals surface area contributed by atoms with Crippen LogP contribution in [0.3, 0.4) is 0 Å². The summed E-state index contributed by atoms with van der Waals surface area (Å²) in [5.74, 6) is -2.37. The number of amides is 1. The zero-order valence-electron chi connectivity index (χ0n) is 16.8. The van der Waals surface area contributed by atoms with Gasteiger partial charge in [-0.05, 0) is 35.9 Å². The van der Waals surface area contributed by atoms with Gasteiger partial charge in [0, 0.05) is 22.7 Å². The summed E-state index contributed by atoms with van der Waals surface area (Å²) in [6.45, 7) is 1.37. The van der Waals surface area contributed by atoms with Gasteiger partial charge in [-0.2, -0.15) is 4.39 Å². The number of halogens is 1. The van der Waals surface area contributed by atoms with Crippen molar-refractivity contribution in [2.24, 2.45) is 0 Å². The minimum absolute atomic E-state index is 0.0123. The van der Waals surface area contributed by atoms with E-state index in [1.165, 1.54) is 19.3 Å². The lowest BCUT2D eigenvalue weighted by molar-refractivity contribution is -0.387. The van der Waals surface area contributed by atoms with Crippen LogP contribution in [0.2, 0.25) is 0 Å². The second-order valence-electron chi connectivity index (χ2n) is 7.14. The molecule has 0 aliphatic heterocycles. The highest BCUT2D eigenvalue weighted by atomic mass is 19.1. The second-order valence-corrected chi connectivity index (χ2v) is 7.14. The van der Waals surface area contributed by atoms with E-state index in [1.807, 2.05) is 36.4 Å². The lowest BCUT2D eigenvalue weighted by atomic mass is 10.0. The van der Waals surface area contributed by atoms with E-state index in [-0.39, 0.29) is 12.1 Å². The summed E-state index contributed by atoms with van der Waals surface area (Å²) < 4.78 is 24.2. The average molecular weight is 436 g/mol. The normalized spacial score (nSPS) is 11.9. The molecule has 1 aromatic heterocycles. The molecule has 0 radical (unpaired) electrons. The third-order valence-corrected chi connectivity index (χ3v) is 4.96. The van der Waals surface area contributed by atoms with Crippen LogP contribution in [0.15, 0.2) is 65.3 Å². The van der Waals surface area contributed by atoms with Crippen LogP contribution in [-0.4, -0.2) is 22.9 Å². The Kier molecular flexibility index (Phi) is 5.55. The standard InChI is InChI=1S/C23H17FN2O6/c1-13(23(28)25-16-7-8-18(24)19(11-16)26(29)30)32-21(27)10-15-12-31-20-9-6-14-4-2-3-5-17(14)22(15)20/h2-9,11-13H,10H2,1H3,(H,25,28). The fourth-order valence-corrected chi connectivity index (χ4v) is 3.43. The van der Waals surface area contributed by atoms with E-state index in [2.05, 4.69) is 5.32 Å². The van der Waals surface area contributed by atoms with Gasteiger partial charge in [-0.15, -0.1) is 0 Å². The monoisotopic (exact) mass is 436 g/mol. The minimum atomic E-state index is -1.18. The first-order valence-electron chi connectivity index (χ1n) is 9.65. The number of carbonyl (C=O) groups excluding carboxylic acids is 2. The molecule has 1 amide bonds. The molecule has 32 heavy (non-hydrogen) atoms. The van der Waals surface area contributed by atoms with E-state index >= 15 is 0 Å². The van der Waals surface area contributed by atoms with Gasteiger partial charge in [0.2, 0.25) is 5.82 Å². The van der Waals surface area contributed by atoms with E-state index < -0.39 is 34.4 Å². The van der Waals surface area contributed by atoms with Crippen molar-refractivity contribution in [1.82, 2.24) is 0 Å². The van der Waals surface area contributed by atoms with Crippen LogP contribution in [0.25, 0.3) is 21.7 Å². The number of anilines is 1. The van der Waals surface area contributed by atoms with Gasteiger partial charge in [0.05, 0.1) is 17.6 Å². The highest BCUT2D eigenvalue weighted by molar-refractivity contribution is 6.08. The molecular formula is C23H17FN2O6. The number of nitro groups is 1. The molecule has 9 heteroatoms. The number of nitrogens with one attached hydrogen (secondary N) is 1. The van der Waals surface area contributed by atoms with Crippen molar-refractivity contribution in [2.75, 3.05) is 5.32 Å². The highest BCUT2D eigenvalue weighted by Crippen LogP contribution is 2.30. The number of nitro benzene ring substituents is 1. The molecule has 162 valence electrons. The molecule has 0 saturated heterocycles. The molecule has 1 atom stereocenters. The van der Waals surface area contributed by atoms with Crippen molar-refractivity contribution in [3.63, 3.8) is 0 Å². The first kappa shape index (κ1) is 21.0. The maximum atomic E-state index is 13.4. The Morgan fingerprint density at radius 2 is 1.97 bits per heavy atom. The summed E-state index contributed by atoms with van der Waals surface area (Å²) >= 11 is 0. The van der Waals surface area contributed by atoms with Crippen molar-refractivity contribution >= 4 is 45.0 Å². The Morgan fingerprint density at radius 3 is 2.75 bits per heavy atom. The summed E-state index contributed by atoms with van der Waals surface area (Å²) in [4.78, 5) is 34.7. The predicted molar refractivity (Wildman–Crippen MR) is 115 cm³/mol. The Bertz CT molecular complexity index is 1360. The number of fused-ring (bicyclic) bond motifs is 3. The number of hydrogen-bond donors (Lipinski definition) is 1. The largest absolute Gasteiger partial charge is 0.464 e. The maximum absolute atomic E-state index is 13.4. The summed E-state index contributed by atoms with van der Waals surface area (Å²) in [5.41, 5.74) is 0.503. The molecule has 0 fully saturated rings. The van der Waals surface area contributed by atoms with Crippen LogP contribution in [-0.2, 0) is 20.7 Å². The molecular weight excluding hydrogens is 419 g/mol. The highest BCUT2D eigenvalue weighted by Gasteiger charge is 2.22. The van der Waals surface area contributed by atoms with Crippen molar-refractivity contribution < 1.29 is 28.1 Å². The van der Waals surface area contributed by atoms with E-state index in [0.29, 0.717) is 11.1 Å². The summed E-state index contributed by atoms with van der Waals surface area (Å²) in [7, 11) is 0. The van der Waals surface area contributed by atoms with Gasteiger partial charge in [0.25, 0.3) is 5.91 Å². The molecule has 1 heterocycles. The lowest BCUT2D eigenvalue weighted by Gasteiger charge is -2.13. The topological polar surface area (TPSA) is 112 Å². The molecule has 0 aliphatic carbocycles. The van der Waals surface area contributed by atoms with Crippen molar-refractivity contribution in [2.45, 2.75) is 19.4 Å². The van der Waals surface area contributed by atoms with Gasteiger partial charge in [-0.25, -0.2) is 0 Å². The Hall–Kier alpha value is -4.27. The minimum Gasteiger partial charge on any atom is -0.464 e. The van der Waals surface area contributed by atoms with Gasteiger partial charge < -0.3 is 14.5 Å². The number of esters is 1. The number of nitrogens with zero attached hydrogens (tertiary/aromatic N) is 1. The van der Waals surface area contributed by atoms with Crippen molar-refractivity contribution in [3.05, 3.63) is 82.4 Å². The van der Waals surface area contributed by atoms with Gasteiger partial charge in [0.1, 0.15) is 5.58 Å². The Balaban J connectivity index is 1.45. The van der Waals surface area contributed by atoms with E-state index in [4.69, 9.17) is 9.15 Å². The van der Waals surface area contributed by atoms with Gasteiger partial charge in [-0.3, -0.25) is 19.7 Å². The van der Waals surface area contributed by atoms with Gasteiger partial charge in [-0.1, -0.05) is 30.3 Å². The molecule has 0 spiro atoms. The molecule has 0 bridgehead atoms. The average Bonchev–Trinajstić information content (AvgIpc) is 3.17. The number of carbonyl (C=O) groups is 2. The number of benzene rings is 3. The lowest BCUT2D eigenvalue weighted by Crippen LogP contribution is -2.30. The molecule has 1 N–H and O–H groups in total. The quantitative estimate of drug-likeness (QED) is 0.265. The first-order chi connectivity index (χ1) is 15.3. The maximum Gasteiger partial charge on any atom is 0.311 e. The molecule has 0 saturated carbocycles. The zero-order chi connectivity index (χ0) is 22.8. The van der Waals surface area contributed by atoms with Crippen LogP contribution in [0.5, 0.6) is 0 Å². The molecule has 3 aromatic carbocycles. The van der Waals surface area contributed by atoms with Crippen molar-refractivity contribution in [3.8, 4) is 0 Å².